The summed E-state index contributed by atoms with van der Waals surface area (Å²) in [6, 6.07) is 29.8. The second-order valence-corrected chi connectivity index (χ2v) is 8.78. The SMILES string of the molecule is C=C(Br)CC(C/C=C/c1ccccc1)(N=C(c1ccccc1)c1ccccc1)C(=O)OCC. The summed E-state index contributed by atoms with van der Waals surface area (Å²) in [5, 5.41) is 0. The van der Waals surface area contributed by atoms with Crippen LogP contribution < -0.4 is 0 Å². The number of carbonyl (C=O) groups excluding carboxylic acids is 1. The van der Waals surface area contributed by atoms with E-state index in [0.29, 0.717) is 17.3 Å². The monoisotopic (exact) mass is 501 g/mol. The molecule has 1 unspecified atom stereocenters. The average Bonchev–Trinajstić information content (AvgIpc) is 2.84. The molecule has 0 N–H and O–H groups in total. The van der Waals surface area contributed by atoms with Gasteiger partial charge in [-0.2, -0.15) is 0 Å². The lowest BCUT2D eigenvalue weighted by atomic mass is 9.89. The molecule has 3 aromatic rings. The molecule has 0 spiro atoms. The van der Waals surface area contributed by atoms with Crippen molar-refractivity contribution in [2.45, 2.75) is 25.3 Å². The van der Waals surface area contributed by atoms with Crippen LogP contribution in [-0.2, 0) is 9.53 Å². The molecule has 0 amide bonds. The molecule has 0 saturated heterocycles. The van der Waals surface area contributed by atoms with Crippen LogP contribution in [0, 0.1) is 0 Å². The van der Waals surface area contributed by atoms with Crippen molar-refractivity contribution in [3.8, 4) is 0 Å². The number of hydrogen-bond acceptors (Lipinski definition) is 3. The molecule has 33 heavy (non-hydrogen) atoms. The highest BCUT2D eigenvalue weighted by molar-refractivity contribution is 9.11. The highest BCUT2D eigenvalue weighted by atomic mass is 79.9. The molecule has 0 aliphatic rings. The Bertz CT molecular complexity index is 1070. The maximum Gasteiger partial charge on any atom is 0.334 e. The van der Waals surface area contributed by atoms with Crippen LogP contribution in [0.3, 0.4) is 0 Å². The van der Waals surface area contributed by atoms with Crippen molar-refractivity contribution >= 4 is 33.7 Å². The van der Waals surface area contributed by atoms with Crippen LogP contribution in [0.15, 0.2) is 113 Å². The molecule has 0 bridgehead atoms. The second-order valence-electron chi connectivity index (χ2n) is 7.66. The molecule has 3 nitrogen and oxygen atoms in total. The number of carbonyl (C=O) groups is 1. The maximum atomic E-state index is 13.4. The number of halogens is 1. The minimum atomic E-state index is -1.16. The molecule has 0 aliphatic carbocycles. The van der Waals surface area contributed by atoms with Gasteiger partial charge in [-0.3, -0.25) is 4.99 Å². The summed E-state index contributed by atoms with van der Waals surface area (Å²) in [7, 11) is 0. The van der Waals surface area contributed by atoms with Gasteiger partial charge in [-0.1, -0.05) is 126 Å². The van der Waals surface area contributed by atoms with Crippen molar-refractivity contribution in [3.63, 3.8) is 0 Å². The van der Waals surface area contributed by atoms with E-state index in [-0.39, 0.29) is 12.6 Å². The minimum absolute atomic E-state index is 0.277. The van der Waals surface area contributed by atoms with Gasteiger partial charge in [0, 0.05) is 24.0 Å². The Morgan fingerprint density at radius 2 is 1.45 bits per heavy atom. The number of esters is 1. The molecule has 0 saturated carbocycles. The van der Waals surface area contributed by atoms with E-state index < -0.39 is 5.54 Å². The molecule has 0 heterocycles. The molecule has 168 valence electrons. The van der Waals surface area contributed by atoms with Gasteiger partial charge in [-0.25, -0.2) is 4.79 Å². The smallest absolute Gasteiger partial charge is 0.334 e. The predicted octanol–water partition coefficient (Wildman–Crippen LogP) is 7.23. The van der Waals surface area contributed by atoms with Crippen LogP contribution in [0.25, 0.3) is 6.08 Å². The zero-order valence-electron chi connectivity index (χ0n) is 18.8. The summed E-state index contributed by atoms with van der Waals surface area (Å²) < 4.78 is 6.23. The van der Waals surface area contributed by atoms with Crippen molar-refractivity contribution < 1.29 is 9.53 Å². The van der Waals surface area contributed by atoms with Gasteiger partial charge >= 0.3 is 5.97 Å². The minimum Gasteiger partial charge on any atom is -0.464 e. The van der Waals surface area contributed by atoms with E-state index in [1.165, 1.54) is 0 Å². The van der Waals surface area contributed by atoms with Crippen molar-refractivity contribution in [1.82, 2.24) is 0 Å². The lowest BCUT2D eigenvalue weighted by Crippen LogP contribution is -2.39. The second kappa shape index (κ2) is 12.1. The van der Waals surface area contributed by atoms with E-state index in [1.54, 1.807) is 0 Å². The fourth-order valence-corrected chi connectivity index (χ4v) is 4.06. The van der Waals surface area contributed by atoms with Crippen molar-refractivity contribution in [2.24, 2.45) is 4.99 Å². The first-order chi connectivity index (χ1) is 16.0. The molecular weight excluding hydrogens is 474 g/mol. The number of rotatable bonds is 10. The first-order valence-electron chi connectivity index (χ1n) is 11.0. The highest BCUT2D eigenvalue weighted by Crippen LogP contribution is 2.32. The lowest BCUT2D eigenvalue weighted by Gasteiger charge is -2.28. The van der Waals surface area contributed by atoms with E-state index >= 15 is 0 Å². The average molecular weight is 502 g/mol. The fraction of sp³-hybridized carbons (Fsp3) is 0.172. The van der Waals surface area contributed by atoms with Crippen LogP contribution in [0.4, 0.5) is 0 Å². The Morgan fingerprint density at radius 3 is 1.94 bits per heavy atom. The largest absolute Gasteiger partial charge is 0.464 e. The maximum absolute atomic E-state index is 13.4. The molecule has 0 aliphatic heterocycles. The molecule has 4 heteroatoms. The van der Waals surface area contributed by atoms with Crippen LogP contribution in [0.1, 0.15) is 36.5 Å². The molecule has 3 rings (SSSR count). The highest BCUT2D eigenvalue weighted by Gasteiger charge is 2.40. The summed E-state index contributed by atoms with van der Waals surface area (Å²) in [6.45, 7) is 6.10. The number of aliphatic imine (C=N–C) groups is 1. The number of ether oxygens (including phenoxy) is 1. The molecular formula is C29H28BrNO2. The number of benzene rings is 3. The third-order valence-corrected chi connectivity index (χ3v) is 5.41. The first-order valence-corrected chi connectivity index (χ1v) is 11.8. The van der Waals surface area contributed by atoms with Gasteiger partial charge in [0.05, 0.1) is 12.3 Å². The first kappa shape index (κ1) is 24.4. The van der Waals surface area contributed by atoms with E-state index in [1.807, 2.05) is 110 Å². The zero-order chi connectivity index (χ0) is 23.5. The van der Waals surface area contributed by atoms with Gasteiger partial charge in [0.15, 0.2) is 5.54 Å². The van der Waals surface area contributed by atoms with Gasteiger partial charge in [0.25, 0.3) is 0 Å². The fourth-order valence-electron chi connectivity index (χ4n) is 3.60. The van der Waals surface area contributed by atoms with Gasteiger partial charge in [-0.15, -0.1) is 0 Å². The summed E-state index contributed by atoms with van der Waals surface area (Å²) >= 11 is 3.47. The number of nitrogens with zero attached hydrogens (tertiary/aromatic N) is 1. The van der Waals surface area contributed by atoms with Crippen molar-refractivity contribution in [3.05, 3.63) is 125 Å². The molecule has 1 atom stereocenters. The Hall–Kier alpha value is -3.24. The van der Waals surface area contributed by atoms with Gasteiger partial charge < -0.3 is 4.74 Å². The van der Waals surface area contributed by atoms with Crippen LogP contribution in [-0.4, -0.2) is 23.8 Å². The quantitative estimate of drug-likeness (QED) is 0.217. The molecule has 0 radical (unpaired) electrons. The molecule has 0 fully saturated rings. The summed E-state index contributed by atoms with van der Waals surface area (Å²) in [5.41, 5.74) is 2.51. The molecule has 0 aromatic heterocycles. The zero-order valence-corrected chi connectivity index (χ0v) is 20.4. The van der Waals surface area contributed by atoms with E-state index in [4.69, 9.17) is 9.73 Å². The summed E-state index contributed by atoms with van der Waals surface area (Å²) in [5.74, 6) is -0.368. The van der Waals surface area contributed by atoms with E-state index in [2.05, 4.69) is 22.5 Å². The normalized spacial score (nSPS) is 12.7. The van der Waals surface area contributed by atoms with Crippen molar-refractivity contribution in [2.75, 3.05) is 6.61 Å². The van der Waals surface area contributed by atoms with Crippen molar-refractivity contribution in [1.29, 1.82) is 0 Å². The summed E-state index contributed by atoms with van der Waals surface area (Å²) in [6.07, 6.45) is 4.67. The van der Waals surface area contributed by atoms with Crippen LogP contribution in [0.2, 0.25) is 0 Å². The number of hydrogen-bond donors (Lipinski definition) is 0. The molecule has 3 aromatic carbocycles. The topological polar surface area (TPSA) is 38.7 Å². The summed E-state index contributed by atoms with van der Waals surface area (Å²) in [4.78, 5) is 18.6. The Kier molecular flexibility index (Phi) is 8.96. The standard InChI is InChI=1S/C29H28BrNO2/c1-3-33-28(32)29(22-23(2)30,21-13-16-24-14-7-4-8-15-24)31-27(25-17-9-5-10-18-25)26-19-11-6-12-20-26/h4-20H,2-3,21-22H2,1H3/b16-13+. The Labute approximate surface area is 204 Å². The van der Waals surface area contributed by atoms with Gasteiger partial charge in [0.2, 0.25) is 0 Å². The Morgan fingerprint density at radius 1 is 0.939 bits per heavy atom. The lowest BCUT2D eigenvalue weighted by molar-refractivity contribution is -0.149. The third kappa shape index (κ3) is 6.87. The van der Waals surface area contributed by atoms with E-state index in [0.717, 1.165) is 22.4 Å². The van der Waals surface area contributed by atoms with E-state index in [9.17, 15) is 4.79 Å². The van der Waals surface area contributed by atoms with Gasteiger partial charge in [0.1, 0.15) is 0 Å². The Balaban J connectivity index is 2.15. The predicted molar refractivity (Wildman–Crippen MR) is 141 cm³/mol. The van der Waals surface area contributed by atoms with Gasteiger partial charge in [-0.05, 0) is 17.0 Å². The van der Waals surface area contributed by atoms with Crippen LogP contribution >= 0.6 is 15.9 Å². The van der Waals surface area contributed by atoms with Crippen LogP contribution in [0.5, 0.6) is 0 Å². The third-order valence-electron chi connectivity index (χ3n) is 5.13.